The number of esters is 1. The van der Waals surface area contributed by atoms with E-state index in [0.29, 0.717) is 5.75 Å². The van der Waals surface area contributed by atoms with Crippen molar-refractivity contribution in [2.24, 2.45) is 0 Å². The summed E-state index contributed by atoms with van der Waals surface area (Å²) in [6.07, 6.45) is 1.93. The molecule has 1 atom stereocenters. The molecule has 0 radical (unpaired) electrons. The van der Waals surface area contributed by atoms with Gasteiger partial charge in [-0.25, -0.2) is 4.79 Å². The fourth-order valence-corrected chi connectivity index (χ4v) is 4.73. The van der Waals surface area contributed by atoms with Crippen LogP contribution in [-0.4, -0.2) is 30.0 Å². The molecule has 0 saturated heterocycles. The van der Waals surface area contributed by atoms with E-state index in [0.717, 1.165) is 33.2 Å². The maximum absolute atomic E-state index is 13.2. The number of amides is 1. The summed E-state index contributed by atoms with van der Waals surface area (Å²) in [5.74, 6) is 0.392. The minimum Gasteiger partial charge on any atom is -0.467 e. The number of benzene rings is 4. The summed E-state index contributed by atoms with van der Waals surface area (Å²) in [5.41, 5.74) is 4.56. The topological polar surface area (TPSA) is 77.5 Å². The largest absolute Gasteiger partial charge is 0.467 e. The highest BCUT2D eigenvalue weighted by molar-refractivity contribution is 5.98. The first-order valence-corrected chi connectivity index (χ1v) is 13.9. The number of hydrogen-bond acceptors (Lipinski definition) is 5. The van der Waals surface area contributed by atoms with E-state index in [1.54, 1.807) is 12.3 Å². The number of methoxy groups -OCH3 is 1. The molecule has 0 unspecified atom stereocenters. The molecule has 5 rings (SSSR count). The van der Waals surface area contributed by atoms with E-state index in [1.807, 2.05) is 84.9 Å². The summed E-state index contributed by atoms with van der Waals surface area (Å²) in [6.45, 7) is 6.51. The van der Waals surface area contributed by atoms with Crippen LogP contribution in [0.15, 0.2) is 109 Å². The van der Waals surface area contributed by atoms with Gasteiger partial charge in [0.2, 0.25) is 0 Å². The summed E-state index contributed by atoms with van der Waals surface area (Å²) in [7, 11) is 1.31. The molecule has 1 N–H and O–H groups in total. The molecule has 1 heterocycles. The van der Waals surface area contributed by atoms with Crippen LogP contribution in [0.5, 0.6) is 11.5 Å². The Morgan fingerprint density at radius 3 is 2.12 bits per heavy atom. The Morgan fingerprint density at radius 1 is 0.786 bits per heavy atom. The zero-order chi connectivity index (χ0) is 29.7. The molecule has 6 nitrogen and oxygen atoms in total. The van der Waals surface area contributed by atoms with Crippen molar-refractivity contribution in [3.05, 3.63) is 126 Å². The van der Waals surface area contributed by atoms with Crippen LogP contribution in [0.4, 0.5) is 0 Å². The van der Waals surface area contributed by atoms with Crippen molar-refractivity contribution in [1.29, 1.82) is 0 Å². The summed E-state index contributed by atoms with van der Waals surface area (Å²) in [5, 5.41) is 4.47. The van der Waals surface area contributed by atoms with Gasteiger partial charge in [0.1, 0.15) is 23.2 Å². The molecule has 212 valence electrons. The molecular weight excluding hydrogens is 524 g/mol. The Kier molecular flexibility index (Phi) is 8.34. The van der Waals surface area contributed by atoms with Gasteiger partial charge in [0.25, 0.3) is 5.91 Å². The standard InChI is InChI=1S/C36H34N2O4/c1-36(2,3)29-15-18-30(19-16-29)42-31-17-14-27-23-37-32(22-28(27)21-31)34(39)38-33(35(40)41-4)20-24-10-12-26(13-11-24)25-8-6-5-7-9-25/h5-19,21-23,33H,20H2,1-4H3,(H,38,39)/t33-/m0/s1. The predicted octanol–water partition coefficient (Wildman–Crippen LogP) is 7.51. The molecule has 6 heteroatoms. The van der Waals surface area contributed by atoms with Crippen LogP contribution < -0.4 is 10.1 Å². The number of nitrogens with zero attached hydrogens (tertiary/aromatic N) is 1. The number of carbonyl (C=O) groups is 2. The average Bonchev–Trinajstić information content (AvgIpc) is 3.00. The van der Waals surface area contributed by atoms with Gasteiger partial charge < -0.3 is 14.8 Å². The second-order valence-electron chi connectivity index (χ2n) is 11.3. The van der Waals surface area contributed by atoms with Crippen molar-refractivity contribution in [3.63, 3.8) is 0 Å². The van der Waals surface area contributed by atoms with Crippen LogP contribution in [0.2, 0.25) is 0 Å². The predicted molar refractivity (Wildman–Crippen MR) is 166 cm³/mol. The number of aromatic nitrogens is 1. The van der Waals surface area contributed by atoms with E-state index in [9.17, 15) is 9.59 Å². The molecule has 0 fully saturated rings. The van der Waals surface area contributed by atoms with E-state index >= 15 is 0 Å². The molecule has 0 bridgehead atoms. The highest BCUT2D eigenvalue weighted by Crippen LogP contribution is 2.29. The Balaban J connectivity index is 1.30. The van der Waals surface area contributed by atoms with Crippen LogP contribution in [0.25, 0.3) is 21.9 Å². The third-order valence-corrected chi connectivity index (χ3v) is 7.17. The van der Waals surface area contributed by atoms with Crippen LogP contribution >= 0.6 is 0 Å². The van der Waals surface area contributed by atoms with E-state index in [-0.39, 0.29) is 17.5 Å². The van der Waals surface area contributed by atoms with Crippen molar-refractivity contribution >= 4 is 22.6 Å². The molecule has 0 saturated carbocycles. The molecule has 0 aliphatic heterocycles. The molecular formula is C36H34N2O4. The molecule has 0 aliphatic carbocycles. The van der Waals surface area contributed by atoms with Crippen LogP contribution in [0.1, 0.15) is 42.4 Å². The number of pyridine rings is 1. The maximum atomic E-state index is 13.2. The van der Waals surface area contributed by atoms with Crippen molar-refractivity contribution in [3.8, 4) is 22.6 Å². The quantitative estimate of drug-likeness (QED) is 0.200. The highest BCUT2D eigenvalue weighted by Gasteiger charge is 2.23. The zero-order valence-corrected chi connectivity index (χ0v) is 24.3. The lowest BCUT2D eigenvalue weighted by Gasteiger charge is -2.19. The van der Waals surface area contributed by atoms with Crippen molar-refractivity contribution in [2.75, 3.05) is 7.11 Å². The summed E-state index contributed by atoms with van der Waals surface area (Å²) < 4.78 is 11.1. The van der Waals surface area contributed by atoms with Gasteiger partial charge in [0.05, 0.1) is 7.11 Å². The third kappa shape index (κ3) is 6.84. The third-order valence-electron chi connectivity index (χ3n) is 7.17. The fourth-order valence-electron chi connectivity index (χ4n) is 4.73. The molecule has 42 heavy (non-hydrogen) atoms. The molecule has 4 aromatic carbocycles. The first-order valence-electron chi connectivity index (χ1n) is 13.9. The first kappa shape index (κ1) is 28.6. The van der Waals surface area contributed by atoms with E-state index < -0.39 is 17.9 Å². The second-order valence-corrected chi connectivity index (χ2v) is 11.3. The van der Waals surface area contributed by atoms with Crippen molar-refractivity contribution < 1.29 is 19.1 Å². The van der Waals surface area contributed by atoms with Gasteiger partial charge in [-0.3, -0.25) is 9.78 Å². The van der Waals surface area contributed by atoms with Crippen LogP contribution in [0.3, 0.4) is 0 Å². The van der Waals surface area contributed by atoms with Gasteiger partial charge in [-0.15, -0.1) is 0 Å². The Morgan fingerprint density at radius 2 is 1.45 bits per heavy atom. The van der Waals surface area contributed by atoms with Gasteiger partial charge in [-0.1, -0.05) is 87.5 Å². The van der Waals surface area contributed by atoms with Gasteiger partial charge in [0.15, 0.2) is 0 Å². The molecule has 1 aromatic heterocycles. The monoisotopic (exact) mass is 558 g/mol. The number of carbonyl (C=O) groups excluding carboxylic acids is 2. The summed E-state index contributed by atoms with van der Waals surface area (Å²) >= 11 is 0. The highest BCUT2D eigenvalue weighted by atomic mass is 16.5. The maximum Gasteiger partial charge on any atom is 0.328 e. The van der Waals surface area contributed by atoms with Gasteiger partial charge >= 0.3 is 5.97 Å². The van der Waals surface area contributed by atoms with Crippen molar-refractivity contribution in [1.82, 2.24) is 10.3 Å². The minimum absolute atomic E-state index is 0.0608. The zero-order valence-electron chi connectivity index (χ0n) is 24.3. The number of ether oxygens (including phenoxy) is 2. The molecule has 0 spiro atoms. The summed E-state index contributed by atoms with van der Waals surface area (Å²) in [6, 6.07) is 32.5. The van der Waals surface area contributed by atoms with Gasteiger partial charge in [0, 0.05) is 18.0 Å². The first-order chi connectivity index (χ1) is 20.2. The summed E-state index contributed by atoms with van der Waals surface area (Å²) in [4.78, 5) is 30.2. The molecule has 1 amide bonds. The fraction of sp³-hybridized carbons (Fsp3) is 0.194. The number of hydrogen-bond donors (Lipinski definition) is 1. The lowest BCUT2D eigenvalue weighted by atomic mass is 9.87. The Hall–Kier alpha value is -4.97. The molecule has 5 aromatic rings. The van der Waals surface area contributed by atoms with E-state index in [1.165, 1.54) is 12.7 Å². The SMILES string of the molecule is COC(=O)[C@H](Cc1ccc(-c2ccccc2)cc1)NC(=O)c1cc2cc(Oc3ccc(C(C)(C)C)cc3)ccc2cn1. The lowest BCUT2D eigenvalue weighted by molar-refractivity contribution is -0.142. The normalized spacial score (nSPS) is 12.0. The smallest absolute Gasteiger partial charge is 0.328 e. The lowest BCUT2D eigenvalue weighted by Crippen LogP contribution is -2.43. The Bertz CT molecular complexity index is 1690. The minimum atomic E-state index is -0.867. The number of nitrogens with one attached hydrogen (secondary N) is 1. The van der Waals surface area contributed by atoms with Gasteiger partial charge in [-0.05, 0) is 69.5 Å². The molecule has 0 aliphatic rings. The van der Waals surface area contributed by atoms with Crippen LogP contribution in [-0.2, 0) is 21.4 Å². The Labute approximate surface area is 246 Å². The average molecular weight is 559 g/mol. The van der Waals surface area contributed by atoms with Crippen molar-refractivity contribution in [2.45, 2.75) is 38.6 Å². The van der Waals surface area contributed by atoms with E-state index in [2.05, 4.69) is 43.2 Å². The number of fused-ring (bicyclic) bond motifs is 1. The van der Waals surface area contributed by atoms with Crippen LogP contribution in [0, 0.1) is 0 Å². The van der Waals surface area contributed by atoms with Gasteiger partial charge in [-0.2, -0.15) is 0 Å². The van der Waals surface area contributed by atoms with E-state index in [4.69, 9.17) is 9.47 Å². The second kappa shape index (κ2) is 12.3. The number of rotatable bonds is 8.